The number of halogens is 1. The average Bonchev–Trinajstić information content (AvgIpc) is 2.48. The minimum Gasteiger partial charge on any atom is -0.374 e. The van der Waals surface area contributed by atoms with Crippen molar-refractivity contribution in [3.63, 3.8) is 0 Å². The van der Waals surface area contributed by atoms with Crippen molar-refractivity contribution in [3.05, 3.63) is 64.6 Å². The summed E-state index contributed by atoms with van der Waals surface area (Å²) in [7, 11) is 0. The number of carbonyl (C=O) groups is 1. The molecule has 104 valence electrons. The first-order valence-corrected chi connectivity index (χ1v) is 7.28. The number of hydrogen-bond acceptors (Lipinski definition) is 2. The second-order valence-corrected chi connectivity index (χ2v) is 5.49. The molecule has 2 aromatic rings. The second kappa shape index (κ2) is 7.10. The SMILES string of the molecule is C[C@@H](Nc1ccc(Br)cc1)C(=O)NCc1ccccc1. The van der Waals surface area contributed by atoms with Crippen molar-refractivity contribution < 1.29 is 4.79 Å². The van der Waals surface area contributed by atoms with Crippen LogP contribution in [0.5, 0.6) is 0 Å². The maximum atomic E-state index is 12.0. The molecular formula is C16H17BrN2O. The molecule has 1 atom stereocenters. The highest BCUT2D eigenvalue weighted by Gasteiger charge is 2.11. The minimum absolute atomic E-state index is 0.0169. The molecule has 0 aliphatic rings. The predicted octanol–water partition coefficient (Wildman–Crippen LogP) is 3.57. The molecule has 0 radical (unpaired) electrons. The summed E-state index contributed by atoms with van der Waals surface area (Å²) >= 11 is 3.38. The quantitative estimate of drug-likeness (QED) is 0.878. The molecule has 0 aliphatic carbocycles. The van der Waals surface area contributed by atoms with Gasteiger partial charge in [0.1, 0.15) is 6.04 Å². The molecular weight excluding hydrogens is 316 g/mol. The molecule has 0 aromatic heterocycles. The fourth-order valence-electron chi connectivity index (χ4n) is 1.80. The third-order valence-electron chi connectivity index (χ3n) is 2.93. The number of nitrogens with one attached hydrogen (secondary N) is 2. The lowest BCUT2D eigenvalue weighted by Crippen LogP contribution is -2.37. The highest BCUT2D eigenvalue weighted by Crippen LogP contribution is 2.14. The van der Waals surface area contributed by atoms with Gasteiger partial charge in [0.05, 0.1) is 0 Å². The van der Waals surface area contributed by atoms with Gasteiger partial charge in [-0.15, -0.1) is 0 Å². The van der Waals surface area contributed by atoms with E-state index in [0.717, 1.165) is 15.7 Å². The molecule has 0 bridgehead atoms. The van der Waals surface area contributed by atoms with Crippen molar-refractivity contribution >= 4 is 27.5 Å². The van der Waals surface area contributed by atoms with Crippen LogP contribution in [0.2, 0.25) is 0 Å². The molecule has 1 amide bonds. The Hall–Kier alpha value is -1.81. The van der Waals surface area contributed by atoms with E-state index in [0.29, 0.717) is 6.54 Å². The lowest BCUT2D eigenvalue weighted by Gasteiger charge is -2.15. The van der Waals surface area contributed by atoms with Crippen molar-refractivity contribution in [2.75, 3.05) is 5.32 Å². The third-order valence-corrected chi connectivity index (χ3v) is 3.46. The summed E-state index contributed by atoms with van der Waals surface area (Å²) in [4.78, 5) is 12.0. The fraction of sp³-hybridized carbons (Fsp3) is 0.188. The van der Waals surface area contributed by atoms with Crippen molar-refractivity contribution in [1.82, 2.24) is 5.32 Å². The molecule has 0 saturated heterocycles. The van der Waals surface area contributed by atoms with Crippen LogP contribution in [-0.2, 0) is 11.3 Å². The number of rotatable bonds is 5. The molecule has 0 saturated carbocycles. The van der Waals surface area contributed by atoms with E-state index in [4.69, 9.17) is 0 Å². The van der Waals surface area contributed by atoms with Gasteiger partial charge in [-0.2, -0.15) is 0 Å². The van der Waals surface area contributed by atoms with Crippen molar-refractivity contribution in [3.8, 4) is 0 Å². The summed E-state index contributed by atoms with van der Waals surface area (Å²) < 4.78 is 1.02. The van der Waals surface area contributed by atoms with Crippen LogP contribution in [0.1, 0.15) is 12.5 Å². The van der Waals surface area contributed by atoms with E-state index >= 15 is 0 Å². The lowest BCUT2D eigenvalue weighted by molar-refractivity contribution is -0.121. The second-order valence-electron chi connectivity index (χ2n) is 4.58. The monoisotopic (exact) mass is 332 g/mol. The van der Waals surface area contributed by atoms with Gasteiger partial charge in [-0.1, -0.05) is 46.3 Å². The maximum absolute atomic E-state index is 12.0. The Bertz CT molecular complexity index is 554. The smallest absolute Gasteiger partial charge is 0.242 e. The Morgan fingerprint density at radius 2 is 1.75 bits per heavy atom. The molecule has 0 unspecified atom stereocenters. The molecule has 2 aromatic carbocycles. The van der Waals surface area contributed by atoms with Gasteiger partial charge in [0.25, 0.3) is 0 Å². The van der Waals surface area contributed by atoms with E-state index in [2.05, 4.69) is 26.6 Å². The first-order valence-electron chi connectivity index (χ1n) is 6.49. The number of carbonyl (C=O) groups excluding carboxylic acids is 1. The number of benzene rings is 2. The number of amides is 1. The van der Waals surface area contributed by atoms with Crippen LogP contribution in [0.25, 0.3) is 0 Å². The maximum Gasteiger partial charge on any atom is 0.242 e. The topological polar surface area (TPSA) is 41.1 Å². The Balaban J connectivity index is 1.84. The largest absolute Gasteiger partial charge is 0.374 e. The highest BCUT2D eigenvalue weighted by molar-refractivity contribution is 9.10. The molecule has 4 heteroatoms. The number of anilines is 1. The zero-order valence-corrected chi connectivity index (χ0v) is 12.9. The van der Waals surface area contributed by atoms with E-state index in [1.54, 1.807) is 0 Å². The van der Waals surface area contributed by atoms with Crippen LogP contribution < -0.4 is 10.6 Å². The normalized spacial score (nSPS) is 11.7. The molecule has 3 nitrogen and oxygen atoms in total. The number of hydrogen-bond donors (Lipinski definition) is 2. The van der Waals surface area contributed by atoms with Gasteiger partial charge in [-0.3, -0.25) is 4.79 Å². The van der Waals surface area contributed by atoms with Crippen LogP contribution in [0.4, 0.5) is 5.69 Å². The predicted molar refractivity (Wildman–Crippen MR) is 85.5 cm³/mol. The molecule has 2 N–H and O–H groups in total. The summed E-state index contributed by atoms with van der Waals surface area (Å²) in [5.41, 5.74) is 2.02. The van der Waals surface area contributed by atoms with E-state index in [1.165, 1.54) is 0 Å². The van der Waals surface area contributed by atoms with Gasteiger partial charge in [0, 0.05) is 16.7 Å². The summed E-state index contributed by atoms with van der Waals surface area (Å²) in [6.45, 7) is 2.40. The van der Waals surface area contributed by atoms with Gasteiger partial charge < -0.3 is 10.6 Å². The Kier molecular flexibility index (Phi) is 5.18. The lowest BCUT2D eigenvalue weighted by atomic mass is 10.2. The molecule has 20 heavy (non-hydrogen) atoms. The van der Waals surface area contributed by atoms with Crippen LogP contribution >= 0.6 is 15.9 Å². The third kappa shape index (κ3) is 4.38. The molecule has 0 heterocycles. The summed E-state index contributed by atoms with van der Waals surface area (Å²) in [6.07, 6.45) is 0. The zero-order chi connectivity index (χ0) is 14.4. The van der Waals surface area contributed by atoms with Crippen LogP contribution in [0.15, 0.2) is 59.1 Å². The Morgan fingerprint density at radius 3 is 2.40 bits per heavy atom. The van der Waals surface area contributed by atoms with Crippen molar-refractivity contribution in [2.24, 2.45) is 0 Å². The van der Waals surface area contributed by atoms with Gasteiger partial charge in [0.2, 0.25) is 5.91 Å². The zero-order valence-electron chi connectivity index (χ0n) is 11.3. The highest BCUT2D eigenvalue weighted by atomic mass is 79.9. The first-order chi connectivity index (χ1) is 9.65. The van der Waals surface area contributed by atoms with Crippen molar-refractivity contribution in [1.29, 1.82) is 0 Å². The van der Waals surface area contributed by atoms with Gasteiger partial charge in [0.15, 0.2) is 0 Å². The van der Waals surface area contributed by atoms with Crippen molar-refractivity contribution in [2.45, 2.75) is 19.5 Å². The first kappa shape index (κ1) is 14.6. The fourth-order valence-corrected chi connectivity index (χ4v) is 2.06. The summed E-state index contributed by atoms with van der Waals surface area (Å²) in [6, 6.07) is 17.4. The van der Waals surface area contributed by atoms with Crippen LogP contribution in [-0.4, -0.2) is 11.9 Å². The average molecular weight is 333 g/mol. The molecule has 0 fully saturated rings. The van der Waals surface area contributed by atoms with E-state index in [9.17, 15) is 4.79 Å². The Labute approximate surface area is 127 Å². The molecule has 2 rings (SSSR count). The Morgan fingerprint density at radius 1 is 1.10 bits per heavy atom. The molecule has 0 aliphatic heterocycles. The van der Waals surface area contributed by atoms with E-state index in [-0.39, 0.29) is 11.9 Å². The summed E-state index contributed by atoms with van der Waals surface area (Å²) in [5, 5.41) is 6.09. The van der Waals surface area contributed by atoms with E-state index < -0.39 is 0 Å². The standard InChI is InChI=1S/C16H17BrN2O/c1-12(19-15-9-7-14(17)8-10-15)16(20)18-11-13-5-3-2-4-6-13/h2-10,12,19H,11H2,1H3,(H,18,20)/t12-/m1/s1. The minimum atomic E-state index is -0.278. The van der Waals surface area contributed by atoms with Crippen LogP contribution in [0, 0.1) is 0 Å². The summed E-state index contributed by atoms with van der Waals surface area (Å²) in [5.74, 6) is -0.0169. The van der Waals surface area contributed by atoms with Gasteiger partial charge in [-0.25, -0.2) is 0 Å². The van der Waals surface area contributed by atoms with Gasteiger partial charge >= 0.3 is 0 Å². The van der Waals surface area contributed by atoms with Crippen LogP contribution in [0.3, 0.4) is 0 Å². The molecule has 0 spiro atoms. The van der Waals surface area contributed by atoms with E-state index in [1.807, 2.05) is 61.5 Å². The van der Waals surface area contributed by atoms with Gasteiger partial charge in [-0.05, 0) is 36.8 Å².